The summed E-state index contributed by atoms with van der Waals surface area (Å²) in [5, 5.41) is 9.32. The van der Waals surface area contributed by atoms with E-state index in [-0.39, 0.29) is 18.7 Å². The molecule has 7 heteroatoms. The van der Waals surface area contributed by atoms with Crippen molar-refractivity contribution in [3.63, 3.8) is 0 Å². The van der Waals surface area contributed by atoms with Crippen molar-refractivity contribution in [2.45, 2.75) is 37.9 Å². The van der Waals surface area contributed by atoms with E-state index in [0.717, 1.165) is 38.9 Å². The van der Waals surface area contributed by atoms with Crippen LogP contribution < -0.4 is 4.72 Å². The quantitative estimate of drug-likeness (QED) is 0.794. The van der Waals surface area contributed by atoms with Gasteiger partial charge in [-0.15, -0.1) is 0 Å². The molecule has 0 aromatic heterocycles. The molecule has 2 heterocycles. The molecule has 2 N–H and O–H groups in total. The smallest absolute Gasteiger partial charge is 0.280 e. The second kappa shape index (κ2) is 7.27. The molecule has 2 fully saturated rings. The van der Waals surface area contributed by atoms with Crippen LogP contribution in [-0.2, 0) is 16.8 Å². The van der Waals surface area contributed by atoms with Gasteiger partial charge in [-0.1, -0.05) is 30.3 Å². The van der Waals surface area contributed by atoms with Crippen molar-refractivity contribution in [3.05, 3.63) is 35.9 Å². The zero-order valence-electron chi connectivity index (χ0n) is 13.3. The molecule has 2 aliphatic rings. The van der Waals surface area contributed by atoms with Crippen molar-refractivity contribution in [2.24, 2.45) is 0 Å². The Balaban J connectivity index is 1.55. The average molecular weight is 339 g/mol. The van der Waals surface area contributed by atoms with Crippen LogP contribution in [0.5, 0.6) is 0 Å². The molecule has 0 spiro atoms. The third-order valence-electron chi connectivity index (χ3n) is 4.68. The highest BCUT2D eigenvalue weighted by Gasteiger charge is 2.36. The Hall–Kier alpha value is -0.990. The van der Waals surface area contributed by atoms with Gasteiger partial charge in [-0.2, -0.15) is 17.4 Å². The maximum atomic E-state index is 12.5. The molecule has 1 aromatic carbocycles. The molecule has 2 saturated heterocycles. The number of nitrogens with one attached hydrogen (secondary N) is 1. The van der Waals surface area contributed by atoms with Crippen molar-refractivity contribution in [1.29, 1.82) is 0 Å². The lowest BCUT2D eigenvalue weighted by Gasteiger charge is -2.25. The maximum absolute atomic E-state index is 12.5. The van der Waals surface area contributed by atoms with Crippen molar-refractivity contribution in [2.75, 3.05) is 26.2 Å². The summed E-state index contributed by atoms with van der Waals surface area (Å²) in [6, 6.07) is 9.90. The van der Waals surface area contributed by atoms with E-state index in [9.17, 15) is 13.5 Å². The van der Waals surface area contributed by atoms with Crippen molar-refractivity contribution in [1.82, 2.24) is 13.9 Å². The van der Waals surface area contributed by atoms with Gasteiger partial charge in [-0.05, 0) is 24.8 Å². The fraction of sp³-hybridized carbons (Fsp3) is 0.625. The van der Waals surface area contributed by atoms with Crippen molar-refractivity contribution in [3.8, 4) is 0 Å². The summed E-state index contributed by atoms with van der Waals surface area (Å²) in [4.78, 5) is 2.27. The number of aliphatic hydroxyl groups is 1. The van der Waals surface area contributed by atoms with Crippen LogP contribution in [0.25, 0.3) is 0 Å². The van der Waals surface area contributed by atoms with Crippen LogP contribution in [0, 0.1) is 0 Å². The van der Waals surface area contributed by atoms with Gasteiger partial charge in [0.05, 0.1) is 6.61 Å². The van der Waals surface area contributed by atoms with E-state index in [2.05, 4.69) is 21.8 Å². The predicted molar refractivity (Wildman–Crippen MR) is 89.0 cm³/mol. The van der Waals surface area contributed by atoms with Gasteiger partial charge in [0.1, 0.15) is 0 Å². The monoisotopic (exact) mass is 339 g/mol. The van der Waals surface area contributed by atoms with Gasteiger partial charge in [-0.25, -0.2) is 0 Å². The molecule has 0 bridgehead atoms. The lowest BCUT2D eigenvalue weighted by Crippen LogP contribution is -2.48. The molecule has 0 radical (unpaired) electrons. The summed E-state index contributed by atoms with van der Waals surface area (Å²) in [6.45, 7) is 2.87. The number of aliphatic hydroxyl groups excluding tert-OH is 1. The summed E-state index contributed by atoms with van der Waals surface area (Å²) in [5.41, 5.74) is 1.25. The SMILES string of the molecule is O=S(=O)(NC1CCN(Cc2ccccc2)C1)N1CCC[C@H]1CO. The van der Waals surface area contributed by atoms with Crippen LogP contribution >= 0.6 is 0 Å². The summed E-state index contributed by atoms with van der Waals surface area (Å²) < 4.78 is 29.3. The Morgan fingerprint density at radius 3 is 2.70 bits per heavy atom. The van der Waals surface area contributed by atoms with Gasteiger partial charge in [-0.3, -0.25) is 4.90 Å². The number of benzene rings is 1. The normalized spacial score (nSPS) is 26.8. The predicted octanol–water partition coefficient (Wildman–Crippen LogP) is 0.552. The molecular weight excluding hydrogens is 314 g/mol. The van der Waals surface area contributed by atoms with Crippen LogP contribution in [0.15, 0.2) is 30.3 Å². The molecule has 2 atom stereocenters. The van der Waals surface area contributed by atoms with Gasteiger partial charge >= 0.3 is 0 Å². The van der Waals surface area contributed by atoms with E-state index in [1.54, 1.807) is 0 Å². The first-order valence-electron chi connectivity index (χ1n) is 8.25. The summed E-state index contributed by atoms with van der Waals surface area (Å²) in [6.07, 6.45) is 2.38. The lowest BCUT2D eigenvalue weighted by atomic mass is 10.2. The fourth-order valence-corrected chi connectivity index (χ4v) is 5.18. The summed E-state index contributed by atoms with van der Waals surface area (Å²) in [5.74, 6) is 0. The molecule has 1 aromatic rings. The summed E-state index contributed by atoms with van der Waals surface area (Å²) in [7, 11) is -3.50. The van der Waals surface area contributed by atoms with Crippen molar-refractivity contribution >= 4 is 10.2 Å². The second-order valence-electron chi connectivity index (χ2n) is 6.42. The minimum Gasteiger partial charge on any atom is -0.395 e. The van der Waals surface area contributed by atoms with Crippen molar-refractivity contribution < 1.29 is 13.5 Å². The highest BCUT2D eigenvalue weighted by atomic mass is 32.2. The van der Waals surface area contributed by atoms with Gasteiger partial charge in [0.25, 0.3) is 10.2 Å². The van der Waals surface area contributed by atoms with Gasteiger partial charge in [0.2, 0.25) is 0 Å². The zero-order chi connectivity index (χ0) is 16.3. The van der Waals surface area contributed by atoms with Crippen LogP contribution in [0.2, 0.25) is 0 Å². The van der Waals surface area contributed by atoms with E-state index in [1.807, 2.05) is 18.2 Å². The molecule has 2 aliphatic heterocycles. The topological polar surface area (TPSA) is 72.9 Å². The molecule has 1 unspecified atom stereocenters. The third-order valence-corrected chi connectivity index (χ3v) is 6.41. The van der Waals surface area contributed by atoms with Crippen LogP contribution in [0.1, 0.15) is 24.8 Å². The first-order chi connectivity index (χ1) is 11.1. The molecule has 0 aliphatic carbocycles. The van der Waals surface area contributed by atoms with E-state index >= 15 is 0 Å². The highest BCUT2D eigenvalue weighted by molar-refractivity contribution is 7.87. The fourth-order valence-electron chi connectivity index (χ4n) is 3.50. The summed E-state index contributed by atoms with van der Waals surface area (Å²) >= 11 is 0. The average Bonchev–Trinajstić information content (AvgIpc) is 3.17. The third kappa shape index (κ3) is 4.10. The van der Waals surface area contributed by atoms with Gasteiger partial charge in [0.15, 0.2) is 0 Å². The number of hydrogen-bond acceptors (Lipinski definition) is 4. The highest BCUT2D eigenvalue weighted by Crippen LogP contribution is 2.21. The number of likely N-dealkylation sites (tertiary alicyclic amines) is 1. The Kier molecular flexibility index (Phi) is 5.33. The molecule has 128 valence electrons. The van der Waals surface area contributed by atoms with E-state index in [0.29, 0.717) is 6.54 Å². The zero-order valence-corrected chi connectivity index (χ0v) is 14.1. The Morgan fingerprint density at radius 2 is 1.96 bits per heavy atom. The second-order valence-corrected chi connectivity index (χ2v) is 8.07. The number of hydrogen-bond donors (Lipinski definition) is 2. The molecule has 6 nitrogen and oxygen atoms in total. The van der Waals surface area contributed by atoms with E-state index in [4.69, 9.17) is 0 Å². The first kappa shape index (κ1) is 16.9. The maximum Gasteiger partial charge on any atom is 0.280 e. The van der Waals surface area contributed by atoms with E-state index < -0.39 is 10.2 Å². The Labute approximate surface area is 138 Å². The first-order valence-corrected chi connectivity index (χ1v) is 9.69. The molecule has 23 heavy (non-hydrogen) atoms. The van der Waals surface area contributed by atoms with Crippen LogP contribution in [0.4, 0.5) is 0 Å². The van der Waals surface area contributed by atoms with Crippen LogP contribution in [0.3, 0.4) is 0 Å². The minimum atomic E-state index is -3.50. The van der Waals surface area contributed by atoms with Gasteiger partial charge < -0.3 is 5.11 Å². The molecule has 0 amide bonds. The van der Waals surface area contributed by atoms with E-state index in [1.165, 1.54) is 9.87 Å². The largest absolute Gasteiger partial charge is 0.395 e. The Morgan fingerprint density at radius 1 is 1.17 bits per heavy atom. The minimum absolute atomic E-state index is 0.0522. The number of rotatable bonds is 6. The van der Waals surface area contributed by atoms with Gasteiger partial charge in [0, 0.05) is 38.3 Å². The Bertz CT molecular complexity index is 608. The molecular formula is C16H25N3O3S. The standard InChI is InChI=1S/C16H25N3O3S/c20-13-16-7-4-9-19(16)23(21,22)17-15-8-10-18(12-15)11-14-5-2-1-3-6-14/h1-3,5-6,15-17,20H,4,7-13H2/t15?,16-/m0/s1. The molecule has 0 saturated carbocycles. The molecule has 3 rings (SSSR count). The van der Waals surface area contributed by atoms with Crippen LogP contribution in [-0.4, -0.2) is 61.1 Å². The number of nitrogens with zero attached hydrogens (tertiary/aromatic N) is 2. The lowest BCUT2D eigenvalue weighted by molar-refractivity contribution is 0.212.